The lowest BCUT2D eigenvalue weighted by Gasteiger charge is -2.19. The molecule has 100 valence electrons. The van der Waals surface area contributed by atoms with Gasteiger partial charge in [0.05, 0.1) is 10.0 Å². The fraction of sp³-hybridized carbons (Fsp3) is 0.300. The van der Waals surface area contributed by atoms with Crippen LogP contribution >= 0.6 is 27.5 Å². The normalized spacial score (nSPS) is 13.3. The molecule has 1 aromatic carbocycles. The monoisotopic (exact) mass is 348 g/mol. The molecule has 0 aliphatic rings. The topological polar surface area (TPSA) is 26.3 Å². The van der Waals surface area contributed by atoms with Crippen LogP contribution in [0.15, 0.2) is 16.6 Å². The summed E-state index contributed by atoms with van der Waals surface area (Å²) in [5, 5.41) is -1.11. The summed E-state index contributed by atoms with van der Waals surface area (Å²) in [4.78, 5) is 11.0. The molecule has 18 heavy (non-hydrogen) atoms. The predicted octanol–water partition coefficient (Wildman–Crippen LogP) is 4.30. The number of hydrogen-bond donors (Lipinski definition) is 0. The molecule has 0 aliphatic heterocycles. The van der Waals surface area contributed by atoms with Crippen LogP contribution < -0.4 is 4.74 Å². The Bertz CT molecular complexity index is 476. The zero-order valence-electron chi connectivity index (χ0n) is 8.82. The van der Waals surface area contributed by atoms with Crippen molar-refractivity contribution in [3.8, 4) is 5.75 Å². The predicted molar refractivity (Wildman–Crippen MR) is 60.4 cm³/mol. The van der Waals surface area contributed by atoms with E-state index in [1.54, 1.807) is 0 Å². The Morgan fingerprint density at radius 1 is 1.44 bits per heavy atom. The molecule has 0 aromatic heterocycles. The van der Waals surface area contributed by atoms with Crippen LogP contribution in [-0.2, 0) is 0 Å². The number of carbonyl (C=O) groups is 1. The van der Waals surface area contributed by atoms with Crippen molar-refractivity contribution in [2.45, 2.75) is 19.2 Å². The first kappa shape index (κ1) is 15.2. The average molecular weight is 350 g/mol. The van der Waals surface area contributed by atoms with E-state index in [0.717, 1.165) is 13.0 Å². The third-order valence-corrected chi connectivity index (χ3v) is 2.81. The van der Waals surface area contributed by atoms with E-state index in [1.807, 2.05) is 0 Å². The fourth-order valence-corrected chi connectivity index (χ4v) is 1.51. The van der Waals surface area contributed by atoms with Crippen molar-refractivity contribution in [3.63, 3.8) is 0 Å². The Hall–Kier alpha value is -0.820. The van der Waals surface area contributed by atoms with E-state index in [2.05, 4.69) is 20.7 Å². The molecular weight excluding hydrogens is 343 g/mol. The largest absolute Gasteiger partial charge is 0.480 e. The van der Waals surface area contributed by atoms with Crippen LogP contribution in [0.5, 0.6) is 5.75 Å². The number of carbonyl (C=O) groups excluding carboxylic acids is 1. The highest BCUT2D eigenvalue weighted by Gasteiger charge is 2.38. The number of ether oxygens (including phenoxy) is 1. The summed E-state index contributed by atoms with van der Waals surface area (Å²) in [6.07, 6.45) is -6.75. The average Bonchev–Trinajstić information content (AvgIpc) is 2.21. The number of benzene rings is 1. The van der Waals surface area contributed by atoms with Crippen molar-refractivity contribution in [1.29, 1.82) is 0 Å². The van der Waals surface area contributed by atoms with E-state index in [4.69, 9.17) is 11.6 Å². The minimum atomic E-state index is -4.60. The number of alkyl halides is 3. The summed E-state index contributed by atoms with van der Waals surface area (Å²) in [6.45, 7) is 0.764. The molecule has 0 aliphatic carbocycles. The first-order valence-electron chi connectivity index (χ1n) is 4.55. The summed E-state index contributed by atoms with van der Waals surface area (Å²) in [5.74, 6) is -1.26. The van der Waals surface area contributed by atoms with Gasteiger partial charge in [-0.2, -0.15) is 13.2 Å². The van der Waals surface area contributed by atoms with Gasteiger partial charge in [0.25, 0.3) is 5.24 Å². The minimum absolute atomic E-state index is 0.131. The van der Waals surface area contributed by atoms with Crippen molar-refractivity contribution >= 4 is 32.8 Å². The van der Waals surface area contributed by atoms with E-state index in [-0.39, 0.29) is 4.47 Å². The second-order valence-electron chi connectivity index (χ2n) is 3.34. The summed E-state index contributed by atoms with van der Waals surface area (Å²) < 4.78 is 54.6. The lowest BCUT2D eigenvalue weighted by molar-refractivity contribution is -0.189. The number of halogens is 6. The van der Waals surface area contributed by atoms with Gasteiger partial charge < -0.3 is 4.74 Å². The Labute approximate surface area is 113 Å². The number of hydrogen-bond acceptors (Lipinski definition) is 2. The second kappa shape index (κ2) is 5.44. The molecule has 1 rings (SSSR count). The molecule has 0 spiro atoms. The Morgan fingerprint density at radius 3 is 2.44 bits per heavy atom. The second-order valence-corrected chi connectivity index (χ2v) is 4.54. The van der Waals surface area contributed by atoms with Crippen molar-refractivity contribution in [2.24, 2.45) is 0 Å². The van der Waals surface area contributed by atoms with Gasteiger partial charge in [-0.25, -0.2) is 4.39 Å². The van der Waals surface area contributed by atoms with Crippen molar-refractivity contribution < 1.29 is 27.1 Å². The third kappa shape index (κ3) is 3.58. The van der Waals surface area contributed by atoms with Gasteiger partial charge >= 0.3 is 6.18 Å². The molecule has 0 amide bonds. The van der Waals surface area contributed by atoms with Gasteiger partial charge in [0.1, 0.15) is 11.6 Å². The van der Waals surface area contributed by atoms with Crippen LogP contribution in [0.3, 0.4) is 0 Å². The zero-order chi connectivity index (χ0) is 14.1. The molecule has 2 nitrogen and oxygen atoms in total. The third-order valence-electron chi connectivity index (χ3n) is 2.00. The van der Waals surface area contributed by atoms with Crippen molar-refractivity contribution in [1.82, 2.24) is 0 Å². The highest BCUT2D eigenvalue weighted by atomic mass is 79.9. The van der Waals surface area contributed by atoms with Gasteiger partial charge in [0.2, 0.25) is 0 Å². The summed E-state index contributed by atoms with van der Waals surface area (Å²) >= 11 is 7.93. The summed E-state index contributed by atoms with van der Waals surface area (Å²) in [6, 6.07) is 1.63. The quantitative estimate of drug-likeness (QED) is 0.601. The van der Waals surface area contributed by atoms with Crippen LogP contribution in [0.25, 0.3) is 0 Å². The highest BCUT2D eigenvalue weighted by molar-refractivity contribution is 9.10. The van der Waals surface area contributed by atoms with Crippen LogP contribution in [0.4, 0.5) is 17.6 Å². The van der Waals surface area contributed by atoms with Crippen molar-refractivity contribution in [3.05, 3.63) is 28.0 Å². The molecule has 1 atom stereocenters. The highest BCUT2D eigenvalue weighted by Crippen LogP contribution is 2.31. The summed E-state index contributed by atoms with van der Waals surface area (Å²) in [7, 11) is 0. The fourth-order valence-electron chi connectivity index (χ4n) is 1.04. The standard InChI is InChI=1S/C10H6BrClF4O2/c1-4(10(14,15)16)18-8-3-6(11)7(13)2-5(8)9(12)17/h2-4H,1H3. The van der Waals surface area contributed by atoms with E-state index >= 15 is 0 Å². The first-order chi connectivity index (χ1) is 8.12. The molecular formula is C10H6BrClF4O2. The Morgan fingerprint density at radius 2 is 2.00 bits per heavy atom. The van der Waals surface area contributed by atoms with Crippen LogP contribution in [-0.4, -0.2) is 17.5 Å². The first-order valence-corrected chi connectivity index (χ1v) is 5.72. The maximum absolute atomic E-state index is 13.2. The minimum Gasteiger partial charge on any atom is -0.480 e. The van der Waals surface area contributed by atoms with Gasteiger partial charge in [0, 0.05) is 0 Å². The zero-order valence-corrected chi connectivity index (χ0v) is 11.2. The van der Waals surface area contributed by atoms with E-state index in [0.29, 0.717) is 6.07 Å². The van der Waals surface area contributed by atoms with Gasteiger partial charge in [-0.05, 0) is 46.6 Å². The molecule has 8 heteroatoms. The summed E-state index contributed by atoms with van der Waals surface area (Å²) in [5.41, 5.74) is -0.464. The van der Waals surface area contributed by atoms with E-state index in [1.165, 1.54) is 0 Å². The lowest BCUT2D eigenvalue weighted by Crippen LogP contribution is -2.31. The molecule has 0 fully saturated rings. The number of rotatable bonds is 3. The molecule has 0 radical (unpaired) electrons. The smallest absolute Gasteiger partial charge is 0.425 e. The Balaban J connectivity index is 3.15. The molecule has 0 saturated heterocycles. The van der Waals surface area contributed by atoms with Crippen LogP contribution in [0.2, 0.25) is 0 Å². The lowest BCUT2D eigenvalue weighted by atomic mass is 10.2. The van der Waals surface area contributed by atoms with Crippen LogP contribution in [0, 0.1) is 5.82 Å². The molecule has 1 unspecified atom stereocenters. The molecule has 0 heterocycles. The SMILES string of the molecule is CC(Oc1cc(Br)c(F)cc1C(=O)Cl)C(F)(F)F. The molecule has 0 bridgehead atoms. The van der Waals surface area contributed by atoms with E-state index in [9.17, 15) is 22.4 Å². The van der Waals surface area contributed by atoms with Gasteiger partial charge in [-0.15, -0.1) is 0 Å². The molecule has 1 aromatic rings. The van der Waals surface area contributed by atoms with Gasteiger partial charge in [0.15, 0.2) is 6.10 Å². The maximum Gasteiger partial charge on any atom is 0.425 e. The Kier molecular flexibility index (Phi) is 4.61. The van der Waals surface area contributed by atoms with Crippen LogP contribution in [0.1, 0.15) is 17.3 Å². The maximum atomic E-state index is 13.2. The van der Waals surface area contributed by atoms with Crippen molar-refractivity contribution in [2.75, 3.05) is 0 Å². The van der Waals surface area contributed by atoms with Gasteiger partial charge in [-0.3, -0.25) is 4.79 Å². The molecule has 0 saturated carbocycles. The van der Waals surface area contributed by atoms with Gasteiger partial charge in [-0.1, -0.05) is 0 Å². The van der Waals surface area contributed by atoms with E-state index < -0.39 is 34.7 Å². The molecule has 0 N–H and O–H groups in total.